The van der Waals surface area contributed by atoms with Crippen LogP contribution in [0.4, 0.5) is 11.4 Å². The van der Waals surface area contributed by atoms with Gasteiger partial charge in [-0.2, -0.15) is 5.10 Å². The second-order valence-corrected chi connectivity index (χ2v) is 7.65. The van der Waals surface area contributed by atoms with Crippen LogP contribution in [-0.4, -0.2) is 63.0 Å². The maximum absolute atomic E-state index is 12.9. The van der Waals surface area contributed by atoms with Crippen LogP contribution in [0.2, 0.25) is 0 Å². The molecule has 0 N–H and O–H groups in total. The summed E-state index contributed by atoms with van der Waals surface area (Å²) >= 11 is 0. The first-order chi connectivity index (χ1) is 14.8. The van der Waals surface area contributed by atoms with Gasteiger partial charge in [-0.25, -0.2) is 4.68 Å². The molecule has 1 aliphatic rings. The number of carbonyl (C=O) groups is 1. The molecule has 1 amide bonds. The standard InChI is InChI=1S/C21H29N7O3/c1-5-25(6-2)21(29)17-8-7-11-26(14-17)20-10-9-19(28(30)31)12-18(20)13-22-27-15(3)23-24-16(27)4/h9-10,12-13,17H,5-8,11,14H2,1-4H3/b22-13+. The lowest BCUT2D eigenvalue weighted by Crippen LogP contribution is -2.45. The molecule has 2 aromatic rings. The van der Waals surface area contributed by atoms with Gasteiger partial charge < -0.3 is 9.80 Å². The highest BCUT2D eigenvalue weighted by atomic mass is 16.6. The van der Waals surface area contributed by atoms with E-state index in [1.807, 2.05) is 18.7 Å². The van der Waals surface area contributed by atoms with Crippen molar-refractivity contribution < 1.29 is 9.72 Å². The van der Waals surface area contributed by atoms with Gasteiger partial charge in [0.1, 0.15) is 0 Å². The fourth-order valence-electron chi connectivity index (χ4n) is 3.99. The van der Waals surface area contributed by atoms with Crippen molar-refractivity contribution in [3.63, 3.8) is 0 Å². The number of nitro benzene ring substituents is 1. The molecule has 1 aliphatic heterocycles. The number of amides is 1. The van der Waals surface area contributed by atoms with Crippen molar-refractivity contribution in [1.29, 1.82) is 0 Å². The zero-order valence-corrected chi connectivity index (χ0v) is 18.5. The first-order valence-corrected chi connectivity index (χ1v) is 10.6. The number of nitrogens with zero attached hydrogens (tertiary/aromatic N) is 7. The van der Waals surface area contributed by atoms with Crippen LogP contribution in [0.1, 0.15) is 43.9 Å². The average Bonchev–Trinajstić information content (AvgIpc) is 3.10. The molecule has 2 heterocycles. The minimum Gasteiger partial charge on any atom is -0.370 e. The van der Waals surface area contributed by atoms with Gasteiger partial charge in [0.05, 0.1) is 17.1 Å². The Balaban J connectivity index is 1.92. The van der Waals surface area contributed by atoms with E-state index in [-0.39, 0.29) is 17.5 Å². The summed E-state index contributed by atoms with van der Waals surface area (Å²) in [4.78, 5) is 27.8. The van der Waals surface area contributed by atoms with E-state index in [9.17, 15) is 14.9 Å². The Morgan fingerprint density at radius 3 is 2.58 bits per heavy atom. The molecule has 3 rings (SSSR count). The van der Waals surface area contributed by atoms with Gasteiger partial charge in [-0.3, -0.25) is 14.9 Å². The highest BCUT2D eigenvalue weighted by Gasteiger charge is 2.29. The summed E-state index contributed by atoms with van der Waals surface area (Å²) in [6, 6.07) is 4.76. The second-order valence-electron chi connectivity index (χ2n) is 7.65. The second kappa shape index (κ2) is 9.67. The van der Waals surface area contributed by atoms with Crippen LogP contribution in [0, 0.1) is 29.9 Å². The third kappa shape index (κ3) is 4.89. The molecule has 166 valence electrons. The minimum absolute atomic E-state index is 0.00447. The highest BCUT2D eigenvalue weighted by Crippen LogP contribution is 2.29. The Labute approximate surface area is 181 Å². The fraction of sp³-hybridized carbons (Fsp3) is 0.524. The summed E-state index contributed by atoms with van der Waals surface area (Å²) < 4.78 is 1.59. The van der Waals surface area contributed by atoms with E-state index in [0.29, 0.717) is 36.8 Å². The van der Waals surface area contributed by atoms with Crippen LogP contribution >= 0.6 is 0 Å². The SMILES string of the molecule is CCN(CC)C(=O)C1CCCN(c2ccc([N+](=O)[O-])cc2/C=N/n2c(C)nnc2C)C1. The van der Waals surface area contributed by atoms with Gasteiger partial charge in [0.2, 0.25) is 5.91 Å². The van der Waals surface area contributed by atoms with Crippen LogP contribution in [0.15, 0.2) is 23.3 Å². The summed E-state index contributed by atoms with van der Waals surface area (Å²) in [5.74, 6) is 1.34. The van der Waals surface area contributed by atoms with Crippen LogP contribution < -0.4 is 4.90 Å². The zero-order valence-electron chi connectivity index (χ0n) is 18.5. The van der Waals surface area contributed by atoms with Crippen molar-refractivity contribution in [3.05, 3.63) is 45.5 Å². The van der Waals surface area contributed by atoms with Crippen molar-refractivity contribution >= 4 is 23.5 Å². The molecular weight excluding hydrogens is 398 g/mol. The summed E-state index contributed by atoms with van der Waals surface area (Å²) in [7, 11) is 0. The monoisotopic (exact) mass is 427 g/mol. The van der Waals surface area contributed by atoms with E-state index < -0.39 is 4.92 Å². The van der Waals surface area contributed by atoms with Crippen LogP contribution in [0.25, 0.3) is 0 Å². The van der Waals surface area contributed by atoms with Crippen molar-refractivity contribution in [2.75, 3.05) is 31.1 Å². The zero-order chi connectivity index (χ0) is 22.5. The Morgan fingerprint density at radius 1 is 1.29 bits per heavy atom. The number of hydrogen-bond donors (Lipinski definition) is 0. The van der Waals surface area contributed by atoms with E-state index in [2.05, 4.69) is 20.2 Å². The number of anilines is 1. The Bertz CT molecular complexity index is 962. The van der Waals surface area contributed by atoms with Crippen LogP contribution in [-0.2, 0) is 4.79 Å². The number of carbonyl (C=O) groups excluding carboxylic acids is 1. The van der Waals surface area contributed by atoms with E-state index in [1.165, 1.54) is 12.1 Å². The number of aromatic nitrogens is 3. The number of benzene rings is 1. The molecule has 1 fully saturated rings. The molecule has 0 aliphatic carbocycles. The lowest BCUT2D eigenvalue weighted by molar-refractivity contribution is -0.384. The minimum atomic E-state index is -0.417. The maximum atomic E-state index is 12.9. The van der Waals surface area contributed by atoms with Gasteiger partial charge in [0.25, 0.3) is 5.69 Å². The fourth-order valence-corrected chi connectivity index (χ4v) is 3.99. The number of non-ortho nitro benzene ring substituents is 1. The van der Waals surface area contributed by atoms with Crippen molar-refractivity contribution in [1.82, 2.24) is 19.8 Å². The summed E-state index contributed by atoms with van der Waals surface area (Å²) in [5, 5.41) is 23.8. The first-order valence-electron chi connectivity index (χ1n) is 10.6. The smallest absolute Gasteiger partial charge is 0.270 e. The third-order valence-electron chi connectivity index (χ3n) is 5.67. The summed E-state index contributed by atoms with van der Waals surface area (Å²) in [5.41, 5.74) is 1.45. The van der Waals surface area contributed by atoms with Gasteiger partial charge >= 0.3 is 0 Å². The lowest BCUT2D eigenvalue weighted by Gasteiger charge is -2.36. The summed E-state index contributed by atoms with van der Waals surface area (Å²) in [6.45, 7) is 10.3. The van der Waals surface area contributed by atoms with E-state index in [4.69, 9.17) is 0 Å². The third-order valence-corrected chi connectivity index (χ3v) is 5.67. The number of hydrogen-bond acceptors (Lipinski definition) is 7. The number of rotatable bonds is 7. The largest absolute Gasteiger partial charge is 0.370 e. The predicted octanol–water partition coefficient (Wildman–Crippen LogP) is 2.77. The van der Waals surface area contributed by atoms with Crippen molar-refractivity contribution in [2.45, 2.75) is 40.5 Å². The number of aryl methyl sites for hydroxylation is 2. The lowest BCUT2D eigenvalue weighted by atomic mass is 9.95. The molecular formula is C21H29N7O3. The van der Waals surface area contributed by atoms with Crippen LogP contribution in [0.5, 0.6) is 0 Å². The molecule has 0 bridgehead atoms. The van der Waals surface area contributed by atoms with Gasteiger partial charge in [0.15, 0.2) is 11.6 Å². The Kier molecular flexibility index (Phi) is 6.98. The van der Waals surface area contributed by atoms with E-state index >= 15 is 0 Å². The first kappa shape index (κ1) is 22.4. The van der Waals surface area contributed by atoms with E-state index in [1.54, 1.807) is 30.8 Å². The molecule has 1 aromatic heterocycles. The Hall–Kier alpha value is -3.30. The molecule has 10 nitrogen and oxygen atoms in total. The van der Waals surface area contributed by atoms with E-state index in [0.717, 1.165) is 25.1 Å². The van der Waals surface area contributed by atoms with Crippen molar-refractivity contribution in [3.8, 4) is 0 Å². The molecule has 1 aromatic carbocycles. The van der Waals surface area contributed by atoms with Gasteiger partial charge in [-0.05, 0) is 46.6 Å². The number of piperidine rings is 1. The molecule has 0 spiro atoms. The van der Waals surface area contributed by atoms with Crippen molar-refractivity contribution in [2.24, 2.45) is 11.0 Å². The predicted molar refractivity (Wildman–Crippen MR) is 118 cm³/mol. The van der Waals surface area contributed by atoms with Gasteiger partial charge in [-0.1, -0.05) is 0 Å². The molecule has 0 radical (unpaired) electrons. The van der Waals surface area contributed by atoms with Gasteiger partial charge in [0, 0.05) is 49.6 Å². The topological polar surface area (TPSA) is 110 Å². The number of nitro groups is 1. The molecule has 0 saturated carbocycles. The maximum Gasteiger partial charge on any atom is 0.270 e. The molecule has 10 heteroatoms. The quantitative estimate of drug-likeness (QED) is 0.382. The average molecular weight is 428 g/mol. The highest BCUT2D eigenvalue weighted by molar-refractivity contribution is 5.89. The molecule has 1 atom stereocenters. The Morgan fingerprint density at radius 2 is 1.97 bits per heavy atom. The van der Waals surface area contributed by atoms with Crippen LogP contribution in [0.3, 0.4) is 0 Å². The summed E-state index contributed by atoms with van der Waals surface area (Å²) in [6.07, 6.45) is 3.33. The van der Waals surface area contributed by atoms with Gasteiger partial charge in [-0.15, -0.1) is 10.2 Å². The molecule has 31 heavy (non-hydrogen) atoms. The molecule has 1 unspecified atom stereocenters. The molecule has 1 saturated heterocycles. The normalized spacial score (nSPS) is 16.6.